The quantitative estimate of drug-likeness (QED) is 0.820. The molecule has 1 unspecified atom stereocenters. The van der Waals surface area contributed by atoms with Crippen molar-refractivity contribution in [2.45, 2.75) is 26.8 Å². The molecule has 0 bridgehead atoms. The first kappa shape index (κ1) is 13.2. The number of benzene rings is 1. The molecule has 0 amide bonds. The van der Waals surface area contributed by atoms with E-state index in [0.717, 1.165) is 13.1 Å². The molecule has 0 radical (unpaired) electrons. The third kappa shape index (κ3) is 3.32. The molecule has 1 rings (SSSR count). The molecule has 0 aliphatic carbocycles. The van der Waals surface area contributed by atoms with Crippen molar-refractivity contribution < 1.29 is 0 Å². The zero-order valence-electron chi connectivity index (χ0n) is 11.2. The molecule has 1 aromatic rings. The van der Waals surface area contributed by atoms with Crippen LogP contribution in [0.2, 0.25) is 0 Å². The van der Waals surface area contributed by atoms with Gasteiger partial charge in [0.2, 0.25) is 0 Å². The molecule has 0 aromatic heterocycles. The molecule has 1 aromatic carbocycles. The van der Waals surface area contributed by atoms with Gasteiger partial charge in [-0.25, -0.2) is 0 Å². The van der Waals surface area contributed by atoms with Crippen LogP contribution in [-0.4, -0.2) is 32.1 Å². The normalized spacial score (nSPS) is 13.1. The Morgan fingerprint density at radius 1 is 1.25 bits per heavy atom. The predicted octanol–water partition coefficient (Wildman–Crippen LogP) is 2.52. The number of hydrogen-bond donors (Lipinski definition) is 1. The van der Waals surface area contributed by atoms with Gasteiger partial charge in [-0.1, -0.05) is 30.7 Å². The van der Waals surface area contributed by atoms with Crippen LogP contribution in [0.5, 0.6) is 0 Å². The third-order valence-corrected chi connectivity index (χ3v) is 3.00. The van der Waals surface area contributed by atoms with Gasteiger partial charge in [-0.15, -0.1) is 0 Å². The molecular formula is C14H24N2. The lowest BCUT2D eigenvalue weighted by Gasteiger charge is -2.26. The van der Waals surface area contributed by atoms with Gasteiger partial charge >= 0.3 is 0 Å². The van der Waals surface area contributed by atoms with Crippen LogP contribution in [-0.2, 0) is 0 Å². The second-order valence-corrected chi connectivity index (χ2v) is 4.65. The minimum Gasteiger partial charge on any atom is -0.315 e. The van der Waals surface area contributed by atoms with Gasteiger partial charge in [0.05, 0.1) is 0 Å². The van der Waals surface area contributed by atoms with Crippen LogP contribution < -0.4 is 5.32 Å². The van der Waals surface area contributed by atoms with Crippen LogP contribution in [0.4, 0.5) is 0 Å². The average Bonchev–Trinajstić information content (AvgIpc) is 2.20. The van der Waals surface area contributed by atoms with E-state index in [1.807, 2.05) is 0 Å². The molecule has 0 saturated heterocycles. The Balaban J connectivity index is 2.92. The van der Waals surface area contributed by atoms with Gasteiger partial charge < -0.3 is 10.2 Å². The summed E-state index contributed by atoms with van der Waals surface area (Å²) >= 11 is 0. The van der Waals surface area contributed by atoms with E-state index in [-0.39, 0.29) is 0 Å². The maximum absolute atomic E-state index is 3.43. The van der Waals surface area contributed by atoms with Gasteiger partial charge in [-0.05, 0) is 45.6 Å². The highest BCUT2D eigenvalue weighted by Crippen LogP contribution is 2.22. The van der Waals surface area contributed by atoms with Gasteiger partial charge in [-0.2, -0.15) is 0 Å². The lowest BCUT2D eigenvalue weighted by atomic mass is 9.98. The van der Waals surface area contributed by atoms with Crippen molar-refractivity contribution in [2.24, 2.45) is 0 Å². The van der Waals surface area contributed by atoms with Crippen LogP contribution in [0.3, 0.4) is 0 Å². The topological polar surface area (TPSA) is 15.3 Å². The van der Waals surface area contributed by atoms with E-state index in [1.165, 1.54) is 16.7 Å². The Labute approximate surface area is 99.7 Å². The van der Waals surface area contributed by atoms with Gasteiger partial charge in [-0.3, -0.25) is 0 Å². The Hall–Kier alpha value is -0.860. The second-order valence-electron chi connectivity index (χ2n) is 4.65. The molecule has 0 fully saturated rings. The van der Waals surface area contributed by atoms with E-state index in [4.69, 9.17) is 0 Å². The van der Waals surface area contributed by atoms with E-state index in [2.05, 4.69) is 63.3 Å². The minimum atomic E-state index is 0.459. The predicted molar refractivity (Wildman–Crippen MR) is 70.9 cm³/mol. The molecule has 16 heavy (non-hydrogen) atoms. The van der Waals surface area contributed by atoms with Gasteiger partial charge in [0, 0.05) is 12.6 Å². The third-order valence-electron chi connectivity index (χ3n) is 3.00. The standard InChI is InChI=1S/C14H24N2/c1-6-15-10-14(16(4)5)13-8-7-11(2)9-12(13)3/h7-9,14-15H,6,10H2,1-5H3. The maximum Gasteiger partial charge on any atom is 0.0469 e. The largest absolute Gasteiger partial charge is 0.315 e. The molecule has 0 heterocycles. The molecule has 0 aliphatic heterocycles. The lowest BCUT2D eigenvalue weighted by Crippen LogP contribution is -2.31. The smallest absolute Gasteiger partial charge is 0.0469 e. The molecule has 0 aliphatic rings. The fourth-order valence-electron chi connectivity index (χ4n) is 2.05. The van der Waals surface area contributed by atoms with Gasteiger partial charge in [0.15, 0.2) is 0 Å². The lowest BCUT2D eigenvalue weighted by molar-refractivity contribution is 0.289. The number of aryl methyl sites for hydroxylation is 2. The first-order valence-electron chi connectivity index (χ1n) is 6.00. The van der Waals surface area contributed by atoms with E-state index in [1.54, 1.807) is 0 Å². The fraction of sp³-hybridized carbons (Fsp3) is 0.571. The molecule has 1 atom stereocenters. The Morgan fingerprint density at radius 3 is 2.44 bits per heavy atom. The maximum atomic E-state index is 3.43. The number of likely N-dealkylation sites (N-methyl/N-ethyl adjacent to an activating group) is 2. The van der Waals surface area contributed by atoms with Crippen LogP contribution in [0, 0.1) is 13.8 Å². The summed E-state index contributed by atoms with van der Waals surface area (Å²) in [4.78, 5) is 2.28. The number of rotatable bonds is 5. The molecule has 2 heteroatoms. The van der Waals surface area contributed by atoms with Crippen LogP contribution in [0.25, 0.3) is 0 Å². The summed E-state index contributed by atoms with van der Waals surface area (Å²) in [6.45, 7) is 8.52. The Morgan fingerprint density at radius 2 is 1.94 bits per heavy atom. The monoisotopic (exact) mass is 220 g/mol. The fourth-order valence-corrected chi connectivity index (χ4v) is 2.05. The molecular weight excluding hydrogens is 196 g/mol. The highest BCUT2D eigenvalue weighted by molar-refractivity contribution is 5.33. The summed E-state index contributed by atoms with van der Waals surface area (Å²) in [6.07, 6.45) is 0. The number of nitrogens with one attached hydrogen (secondary N) is 1. The summed E-state index contributed by atoms with van der Waals surface area (Å²) in [5.74, 6) is 0. The van der Waals surface area contributed by atoms with Crippen LogP contribution >= 0.6 is 0 Å². The molecule has 1 N–H and O–H groups in total. The van der Waals surface area contributed by atoms with E-state index >= 15 is 0 Å². The van der Waals surface area contributed by atoms with Crippen molar-refractivity contribution in [1.29, 1.82) is 0 Å². The van der Waals surface area contributed by atoms with Gasteiger partial charge in [0.1, 0.15) is 0 Å². The van der Waals surface area contributed by atoms with Crippen LogP contribution in [0.15, 0.2) is 18.2 Å². The Kier molecular flexibility index (Phi) is 4.97. The molecule has 0 spiro atoms. The molecule has 90 valence electrons. The second kappa shape index (κ2) is 6.02. The number of hydrogen-bond acceptors (Lipinski definition) is 2. The summed E-state index contributed by atoms with van der Waals surface area (Å²) in [5, 5.41) is 3.43. The molecule has 2 nitrogen and oxygen atoms in total. The zero-order valence-corrected chi connectivity index (χ0v) is 11.2. The minimum absolute atomic E-state index is 0.459. The average molecular weight is 220 g/mol. The summed E-state index contributed by atoms with van der Waals surface area (Å²) in [5.41, 5.74) is 4.15. The van der Waals surface area contributed by atoms with Crippen molar-refractivity contribution in [1.82, 2.24) is 10.2 Å². The van der Waals surface area contributed by atoms with Gasteiger partial charge in [0.25, 0.3) is 0 Å². The van der Waals surface area contributed by atoms with E-state index < -0.39 is 0 Å². The van der Waals surface area contributed by atoms with Crippen molar-refractivity contribution in [3.05, 3.63) is 34.9 Å². The highest BCUT2D eigenvalue weighted by atomic mass is 15.1. The van der Waals surface area contributed by atoms with E-state index in [9.17, 15) is 0 Å². The summed E-state index contributed by atoms with van der Waals surface area (Å²) in [6, 6.07) is 7.18. The van der Waals surface area contributed by atoms with E-state index in [0.29, 0.717) is 6.04 Å². The molecule has 0 saturated carbocycles. The Bertz CT molecular complexity index is 332. The SMILES string of the molecule is CCNCC(c1ccc(C)cc1C)N(C)C. The first-order chi connectivity index (χ1) is 7.56. The number of nitrogens with zero attached hydrogens (tertiary/aromatic N) is 1. The summed E-state index contributed by atoms with van der Waals surface area (Å²) in [7, 11) is 4.28. The highest BCUT2D eigenvalue weighted by Gasteiger charge is 2.15. The zero-order chi connectivity index (χ0) is 12.1. The van der Waals surface area contributed by atoms with Crippen molar-refractivity contribution in [2.75, 3.05) is 27.2 Å². The van der Waals surface area contributed by atoms with Crippen molar-refractivity contribution in [3.63, 3.8) is 0 Å². The summed E-state index contributed by atoms with van der Waals surface area (Å²) < 4.78 is 0. The first-order valence-corrected chi connectivity index (χ1v) is 6.00. The van der Waals surface area contributed by atoms with Crippen molar-refractivity contribution >= 4 is 0 Å². The van der Waals surface area contributed by atoms with Crippen molar-refractivity contribution in [3.8, 4) is 0 Å². The van der Waals surface area contributed by atoms with Crippen LogP contribution in [0.1, 0.15) is 29.7 Å².